The Morgan fingerprint density at radius 3 is 2.84 bits per heavy atom. The predicted octanol–water partition coefficient (Wildman–Crippen LogP) is 1.34. The van der Waals surface area contributed by atoms with Crippen molar-refractivity contribution in [2.45, 2.75) is 39.2 Å². The van der Waals surface area contributed by atoms with Crippen LogP contribution >= 0.6 is 0 Å². The largest absolute Gasteiger partial charge is 0.389 e. The highest BCUT2D eigenvalue weighted by Crippen LogP contribution is 2.12. The first-order valence-electron chi connectivity index (χ1n) is 7.73. The van der Waals surface area contributed by atoms with Gasteiger partial charge in [-0.25, -0.2) is 0 Å². The minimum atomic E-state index is -0.377. The molecular weight excluding hydrogens is 240 g/mol. The highest BCUT2D eigenvalue weighted by molar-refractivity contribution is 4.75. The average Bonchev–Trinajstić information content (AvgIpc) is 2.74. The summed E-state index contributed by atoms with van der Waals surface area (Å²) in [6.07, 6.45) is 3.18. The van der Waals surface area contributed by atoms with Crippen LogP contribution in [0.15, 0.2) is 0 Å². The zero-order valence-corrected chi connectivity index (χ0v) is 12.9. The molecule has 0 aromatic carbocycles. The average molecular weight is 272 g/mol. The lowest BCUT2D eigenvalue weighted by Crippen LogP contribution is -2.34. The maximum atomic E-state index is 9.79. The van der Waals surface area contributed by atoms with Crippen molar-refractivity contribution in [3.63, 3.8) is 0 Å². The van der Waals surface area contributed by atoms with Crippen LogP contribution in [0.4, 0.5) is 0 Å². The molecule has 1 heterocycles. The van der Waals surface area contributed by atoms with E-state index in [1.807, 2.05) is 0 Å². The zero-order valence-electron chi connectivity index (χ0n) is 12.9. The van der Waals surface area contributed by atoms with Crippen LogP contribution in [0, 0.1) is 11.8 Å². The normalized spacial score (nSPS) is 22.3. The van der Waals surface area contributed by atoms with Crippen molar-refractivity contribution < 1.29 is 9.84 Å². The smallest absolute Gasteiger partial charge is 0.0897 e. The lowest BCUT2D eigenvalue weighted by Gasteiger charge is -2.15. The van der Waals surface area contributed by atoms with Gasteiger partial charge in [-0.05, 0) is 51.2 Å². The summed E-state index contributed by atoms with van der Waals surface area (Å²) >= 11 is 0. The molecule has 0 bridgehead atoms. The van der Waals surface area contributed by atoms with Gasteiger partial charge in [0.1, 0.15) is 0 Å². The Morgan fingerprint density at radius 2 is 2.21 bits per heavy atom. The molecule has 0 aromatic heterocycles. The summed E-state index contributed by atoms with van der Waals surface area (Å²) in [5, 5.41) is 13.1. The van der Waals surface area contributed by atoms with E-state index in [1.165, 1.54) is 25.9 Å². The summed E-state index contributed by atoms with van der Waals surface area (Å²) in [5.74, 6) is 1.48. The van der Waals surface area contributed by atoms with Crippen LogP contribution in [-0.2, 0) is 4.74 Å². The minimum absolute atomic E-state index is 0.377. The molecule has 0 radical (unpaired) electrons. The Kier molecular flexibility index (Phi) is 8.62. The highest BCUT2D eigenvalue weighted by atomic mass is 16.5. The Labute approximate surface area is 118 Å². The van der Waals surface area contributed by atoms with Crippen LogP contribution in [-0.4, -0.2) is 62.6 Å². The molecule has 1 aliphatic rings. The summed E-state index contributed by atoms with van der Waals surface area (Å²) in [6, 6.07) is 0. The number of rotatable bonds is 10. The van der Waals surface area contributed by atoms with Crippen molar-refractivity contribution in [3.8, 4) is 0 Å². The van der Waals surface area contributed by atoms with Gasteiger partial charge in [0.2, 0.25) is 0 Å². The van der Waals surface area contributed by atoms with Crippen LogP contribution < -0.4 is 5.32 Å². The fraction of sp³-hybridized carbons (Fsp3) is 1.00. The van der Waals surface area contributed by atoms with Crippen molar-refractivity contribution in [1.29, 1.82) is 0 Å². The number of nitrogens with zero attached hydrogens (tertiary/aromatic N) is 1. The van der Waals surface area contributed by atoms with Gasteiger partial charge in [0.05, 0.1) is 12.7 Å². The third kappa shape index (κ3) is 8.58. The molecule has 1 fully saturated rings. The Hall–Kier alpha value is -0.160. The summed E-state index contributed by atoms with van der Waals surface area (Å²) < 4.78 is 5.49. The second-order valence-corrected chi connectivity index (χ2v) is 6.34. The second-order valence-electron chi connectivity index (χ2n) is 6.34. The van der Waals surface area contributed by atoms with Gasteiger partial charge >= 0.3 is 0 Å². The van der Waals surface area contributed by atoms with E-state index in [4.69, 9.17) is 4.74 Å². The van der Waals surface area contributed by atoms with E-state index < -0.39 is 0 Å². The Balaban J connectivity index is 1.89. The molecule has 0 amide bonds. The van der Waals surface area contributed by atoms with E-state index in [0.717, 1.165) is 31.4 Å². The molecule has 1 aliphatic heterocycles. The van der Waals surface area contributed by atoms with Gasteiger partial charge in [0.15, 0.2) is 0 Å². The molecular formula is C15H32N2O2. The molecule has 4 nitrogen and oxygen atoms in total. The first kappa shape index (κ1) is 16.9. The predicted molar refractivity (Wildman–Crippen MR) is 79.4 cm³/mol. The lowest BCUT2D eigenvalue weighted by molar-refractivity contribution is 0.0344. The number of aliphatic hydroxyl groups is 1. The van der Waals surface area contributed by atoms with Crippen molar-refractivity contribution in [2.24, 2.45) is 11.8 Å². The van der Waals surface area contributed by atoms with Gasteiger partial charge < -0.3 is 20.1 Å². The van der Waals surface area contributed by atoms with Gasteiger partial charge in [0.25, 0.3) is 0 Å². The van der Waals surface area contributed by atoms with E-state index in [-0.39, 0.29) is 6.10 Å². The third-order valence-corrected chi connectivity index (χ3v) is 3.68. The molecule has 114 valence electrons. The van der Waals surface area contributed by atoms with Crippen LogP contribution in [0.2, 0.25) is 0 Å². The topological polar surface area (TPSA) is 44.7 Å². The van der Waals surface area contributed by atoms with Crippen molar-refractivity contribution in [1.82, 2.24) is 10.2 Å². The molecule has 2 N–H and O–H groups in total. The van der Waals surface area contributed by atoms with E-state index in [1.54, 1.807) is 0 Å². The molecule has 0 saturated carbocycles. The standard InChI is InChI=1S/C15H32N2O2/c1-13(2)5-4-8-19-12-15(18)10-16-9-14-6-7-17(3)11-14/h13-16,18H,4-12H2,1-3H3. The molecule has 0 spiro atoms. The van der Waals surface area contributed by atoms with E-state index in [0.29, 0.717) is 13.2 Å². The van der Waals surface area contributed by atoms with E-state index in [9.17, 15) is 5.11 Å². The first-order chi connectivity index (χ1) is 9.08. The highest BCUT2D eigenvalue weighted by Gasteiger charge is 2.18. The molecule has 2 atom stereocenters. The van der Waals surface area contributed by atoms with Gasteiger partial charge in [-0.2, -0.15) is 0 Å². The van der Waals surface area contributed by atoms with Crippen LogP contribution in [0.25, 0.3) is 0 Å². The van der Waals surface area contributed by atoms with Gasteiger partial charge in [-0.15, -0.1) is 0 Å². The van der Waals surface area contributed by atoms with Gasteiger partial charge in [-0.1, -0.05) is 13.8 Å². The van der Waals surface area contributed by atoms with Crippen LogP contribution in [0.3, 0.4) is 0 Å². The zero-order chi connectivity index (χ0) is 14.1. The summed E-state index contributed by atoms with van der Waals surface area (Å²) in [7, 11) is 2.17. The number of hydrogen-bond acceptors (Lipinski definition) is 4. The van der Waals surface area contributed by atoms with Crippen molar-refractivity contribution in [3.05, 3.63) is 0 Å². The van der Waals surface area contributed by atoms with Gasteiger partial charge in [0, 0.05) is 19.7 Å². The van der Waals surface area contributed by atoms with Crippen LogP contribution in [0.5, 0.6) is 0 Å². The molecule has 2 unspecified atom stereocenters. The van der Waals surface area contributed by atoms with Crippen molar-refractivity contribution in [2.75, 3.05) is 46.4 Å². The summed E-state index contributed by atoms with van der Waals surface area (Å²) in [6.45, 7) is 9.69. The van der Waals surface area contributed by atoms with Crippen LogP contribution in [0.1, 0.15) is 33.1 Å². The SMILES string of the molecule is CC(C)CCCOCC(O)CNCC1CCN(C)C1. The number of aliphatic hydroxyl groups excluding tert-OH is 1. The van der Waals surface area contributed by atoms with Crippen molar-refractivity contribution >= 4 is 0 Å². The molecule has 19 heavy (non-hydrogen) atoms. The van der Waals surface area contributed by atoms with Gasteiger partial charge in [-0.3, -0.25) is 0 Å². The van der Waals surface area contributed by atoms with E-state index >= 15 is 0 Å². The number of ether oxygens (including phenoxy) is 1. The molecule has 0 aliphatic carbocycles. The summed E-state index contributed by atoms with van der Waals surface area (Å²) in [4.78, 5) is 2.36. The first-order valence-corrected chi connectivity index (χ1v) is 7.73. The monoisotopic (exact) mass is 272 g/mol. The molecule has 1 saturated heterocycles. The maximum Gasteiger partial charge on any atom is 0.0897 e. The van der Waals surface area contributed by atoms with E-state index in [2.05, 4.69) is 31.1 Å². The third-order valence-electron chi connectivity index (χ3n) is 3.68. The fourth-order valence-corrected chi connectivity index (χ4v) is 2.52. The fourth-order valence-electron chi connectivity index (χ4n) is 2.52. The Bertz CT molecular complexity index is 224. The quantitative estimate of drug-likeness (QED) is 0.589. The lowest BCUT2D eigenvalue weighted by atomic mass is 10.1. The number of nitrogens with one attached hydrogen (secondary N) is 1. The number of hydrogen-bond donors (Lipinski definition) is 2. The number of likely N-dealkylation sites (tertiary alicyclic amines) is 1. The Morgan fingerprint density at radius 1 is 1.42 bits per heavy atom. The minimum Gasteiger partial charge on any atom is -0.389 e. The second kappa shape index (κ2) is 9.70. The molecule has 0 aromatic rings. The maximum absolute atomic E-state index is 9.79. The molecule has 1 rings (SSSR count). The summed E-state index contributed by atoms with van der Waals surface area (Å²) in [5.41, 5.74) is 0. The molecule has 4 heteroatoms.